The molecule has 1 saturated carbocycles. The highest BCUT2D eigenvalue weighted by molar-refractivity contribution is 7.99. The van der Waals surface area contributed by atoms with E-state index in [1.807, 2.05) is 12.1 Å². The van der Waals surface area contributed by atoms with Gasteiger partial charge in [-0.1, -0.05) is 25.3 Å². The largest absolute Gasteiger partial charge is 0.479 e. The Balaban J connectivity index is 1.99. The van der Waals surface area contributed by atoms with Crippen LogP contribution in [0.4, 0.5) is 0 Å². The molecule has 0 aliphatic heterocycles. The summed E-state index contributed by atoms with van der Waals surface area (Å²) in [5, 5.41) is 20.2. The first-order valence-corrected chi connectivity index (χ1v) is 9.95. The van der Waals surface area contributed by atoms with Crippen LogP contribution in [0.25, 0.3) is 0 Å². The molecule has 0 aromatic carbocycles. The number of rotatable bonds is 12. The average Bonchev–Trinajstić information content (AvgIpc) is 3.39. The van der Waals surface area contributed by atoms with E-state index in [1.54, 1.807) is 12.3 Å². The molecule has 25 heavy (non-hydrogen) atoms. The summed E-state index contributed by atoms with van der Waals surface area (Å²) in [6, 6.07) is 2.97. The molecule has 5 nitrogen and oxygen atoms in total. The molecule has 0 bridgehead atoms. The summed E-state index contributed by atoms with van der Waals surface area (Å²) in [7, 11) is 0. The van der Waals surface area contributed by atoms with Crippen LogP contribution in [0.15, 0.2) is 31.0 Å². The molecule has 0 amide bonds. The van der Waals surface area contributed by atoms with Crippen LogP contribution in [0.2, 0.25) is 0 Å². The zero-order chi connectivity index (χ0) is 18.3. The van der Waals surface area contributed by atoms with E-state index in [4.69, 9.17) is 5.73 Å². The number of aromatic nitrogens is 1. The van der Waals surface area contributed by atoms with Crippen LogP contribution in [-0.4, -0.2) is 44.3 Å². The SMILES string of the molecule is C=CCSCC(N)[C@](O)(Cc1cc(CCCC2CC2)ccn1)C(=O)O. The normalized spacial score (nSPS) is 17.7. The number of aliphatic hydroxyl groups is 1. The van der Waals surface area contributed by atoms with Gasteiger partial charge < -0.3 is 15.9 Å². The minimum absolute atomic E-state index is 0.0887. The second kappa shape index (κ2) is 9.36. The van der Waals surface area contributed by atoms with Gasteiger partial charge in [0.25, 0.3) is 0 Å². The summed E-state index contributed by atoms with van der Waals surface area (Å²) in [6.07, 6.45) is 9.38. The third kappa shape index (κ3) is 6.13. The van der Waals surface area contributed by atoms with Gasteiger partial charge in [0.1, 0.15) is 0 Å². The Morgan fingerprint density at radius 2 is 2.32 bits per heavy atom. The van der Waals surface area contributed by atoms with Crippen molar-refractivity contribution in [3.05, 3.63) is 42.2 Å². The Hall–Kier alpha value is -1.37. The molecule has 1 aliphatic carbocycles. The van der Waals surface area contributed by atoms with Crippen LogP contribution in [0.5, 0.6) is 0 Å². The van der Waals surface area contributed by atoms with E-state index in [-0.39, 0.29) is 6.42 Å². The highest BCUT2D eigenvalue weighted by Gasteiger charge is 2.42. The number of nitrogens with two attached hydrogens (primary N) is 1. The van der Waals surface area contributed by atoms with Gasteiger partial charge in [0.2, 0.25) is 0 Å². The summed E-state index contributed by atoms with van der Waals surface area (Å²) in [4.78, 5) is 15.9. The number of aryl methyl sites for hydroxylation is 1. The lowest BCUT2D eigenvalue weighted by Gasteiger charge is -2.29. The molecule has 1 unspecified atom stereocenters. The van der Waals surface area contributed by atoms with E-state index < -0.39 is 17.6 Å². The number of nitrogens with zero attached hydrogens (tertiary/aromatic N) is 1. The highest BCUT2D eigenvalue weighted by Crippen LogP contribution is 2.33. The summed E-state index contributed by atoms with van der Waals surface area (Å²) in [6.45, 7) is 3.62. The standard InChI is InChI=1S/C19H28N2O3S/c1-2-10-25-13-17(20)19(24,18(22)23)12-16-11-15(8-9-21-16)5-3-4-14-6-7-14/h2,8-9,11,14,17,24H,1,3-7,10,12-13,20H2,(H,22,23)/t17?,19-/m1/s1. The second-order valence-electron chi connectivity index (χ2n) is 6.83. The smallest absolute Gasteiger partial charge is 0.337 e. The third-order valence-electron chi connectivity index (χ3n) is 4.62. The quantitative estimate of drug-likeness (QED) is 0.389. The van der Waals surface area contributed by atoms with Gasteiger partial charge in [-0.15, -0.1) is 6.58 Å². The lowest BCUT2D eigenvalue weighted by Crippen LogP contribution is -2.57. The maximum Gasteiger partial charge on any atom is 0.337 e. The van der Waals surface area contributed by atoms with Gasteiger partial charge >= 0.3 is 5.97 Å². The number of carboxylic acid groups (broad SMARTS) is 1. The predicted octanol–water partition coefficient (Wildman–Crippen LogP) is 2.42. The number of carboxylic acids is 1. The lowest BCUT2D eigenvalue weighted by molar-refractivity contribution is -0.160. The first kappa shape index (κ1) is 19.9. The second-order valence-corrected chi connectivity index (χ2v) is 7.90. The Morgan fingerprint density at radius 1 is 1.56 bits per heavy atom. The van der Waals surface area contributed by atoms with E-state index in [0.29, 0.717) is 17.2 Å². The van der Waals surface area contributed by atoms with Crippen molar-refractivity contribution in [1.29, 1.82) is 0 Å². The summed E-state index contributed by atoms with van der Waals surface area (Å²) >= 11 is 1.45. The molecule has 1 aliphatic rings. The van der Waals surface area contributed by atoms with Gasteiger partial charge in [0.05, 0.1) is 6.04 Å². The summed E-state index contributed by atoms with van der Waals surface area (Å²) in [5.74, 6) is 0.609. The van der Waals surface area contributed by atoms with Crippen LogP contribution in [0.3, 0.4) is 0 Å². The Labute approximate surface area is 153 Å². The monoisotopic (exact) mass is 364 g/mol. The number of hydrogen-bond acceptors (Lipinski definition) is 5. The fourth-order valence-electron chi connectivity index (χ4n) is 2.84. The zero-order valence-electron chi connectivity index (χ0n) is 14.6. The molecular formula is C19H28N2O3S. The molecule has 1 fully saturated rings. The summed E-state index contributed by atoms with van der Waals surface area (Å²) < 4.78 is 0. The van der Waals surface area contributed by atoms with E-state index in [1.165, 1.54) is 31.0 Å². The van der Waals surface area contributed by atoms with Crippen molar-refractivity contribution in [1.82, 2.24) is 4.98 Å². The highest BCUT2D eigenvalue weighted by atomic mass is 32.2. The van der Waals surface area contributed by atoms with Crippen LogP contribution in [-0.2, 0) is 17.6 Å². The van der Waals surface area contributed by atoms with Crippen LogP contribution in [0.1, 0.15) is 36.9 Å². The third-order valence-corrected chi connectivity index (χ3v) is 5.69. The zero-order valence-corrected chi connectivity index (χ0v) is 15.4. The first-order chi connectivity index (χ1) is 12.0. The number of hydrogen-bond donors (Lipinski definition) is 3. The van der Waals surface area contributed by atoms with Crippen molar-refractivity contribution in [3.63, 3.8) is 0 Å². The van der Waals surface area contributed by atoms with Gasteiger partial charge in [0, 0.05) is 29.8 Å². The maximum atomic E-state index is 11.7. The Kier molecular flexibility index (Phi) is 7.47. The molecule has 1 aromatic rings. The van der Waals surface area contributed by atoms with Crippen molar-refractivity contribution in [2.75, 3.05) is 11.5 Å². The van der Waals surface area contributed by atoms with Crippen molar-refractivity contribution >= 4 is 17.7 Å². The fourth-order valence-corrected chi connectivity index (χ4v) is 3.67. The molecule has 4 N–H and O–H groups in total. The first-order valence-electron chi connectivity index (χ1n) is 8.79. The number of carbonyl (C=O) groups is 1. The van der Waals surface area contributed by atoms with E-state index >= 15 is 0 Å². The topological polar surface area (TPSA) is 96.4 Å². The van der Waals surface area contributed by atoms with Crippen LogP contribution < -0.4 is 5.73 Å². The fraction of sp³-hybridized carbons (Fsp3) is 0.579. The molecule has 6 heteroatoms. The van der Waals surface area contributed by atoms with Crippen molar-refractivity contribution in [3.8, 4) is 0 Å². The average molecular weight is 365 g/mol. The van der Waals surface area contributed by atoms with Gasteiger partial charge in [-0.05, 0) is 36.5 Å². The maximum absolute atomic E-state index is 11.7. The van der Waals surface area contributed by atoms with Gasteiger partial charge in [-0.25, -0.2) is 4.79 Å². The minimum atomic E-state index is -2.02. The van der Waals surface area contributed by atoms with E-state index in [2.05, 4.69) is 11.6 Å². The number of pyridine rings is 1. The number of aliphatic carboxylic acids is 1. The molecule has 138 valence electrons. The van der Waals surface area contributed by atoms with Gasteiger partial charge in [-0.2, -0.15) is 11.8 Å². The molecule has 0 spiro atoms. The lowest BCUT2D eigenvalue weighted by atomic mass is 9.90. The van der Waals surface area contributed by atoms with Crippen molar-refractivity contribution < 1.29 is 15.0 Å². The molecule has 1 heterocycles. The minimum Gasteiger partial charge on any atom is -0.479 e. The molecular weight excluding hydrogens is 336 g/mol. The number of thioether (sulfide) groups is 1. The molecule has 1 aromatic heterocycles. The molecule has 0 saturated heterocycles. The molecule has 2 atom stereocenters. The van der Waals surface area contributed by atoms with E-state index in [9.17, 15) is 15.0 Å². The molecule has 0 radical (unpaired) electrons. The van der Waals surface area contributed by atoms with Crippen LogP contribution >= 0.6 is 11.8 Å². The summed E-state index contributed by atoms with van der Waals surface area (Å²) in [5.41, 5.74) is 5.67. The van der Waals surface area contributed by atoms with E-state index in [0.717, 1.165) is 24.3 Å². The molecule has 2 rings (SSSR count). The Morgan fingerprint density at radius 3 is 2.96 bits per heavy atom. The van der Waals surface area contributed by atoms with Crippen LogP contribution in [0, 0.1) is 5.92 Å². The van der Waals surface area contributed by atoms with Gasteiger partial charge in [0.15, 0.2) is 5.60 Å². The van der Waals surface area contributed by atoms with Crippen molar-refractivity contribution in [2.24, 2.45) is 11.7 Å². The Bertz CT molecular complexity index is 592. The van der Waals surface area contributed by atoms with Crippen molar-refractivity contribution in [2.45, 2.75) is 50.2 Å². The van der Waals surface area contributed by atoms with Gasteiger partial charge in [-0.3, -0.25) is 4.98 Å². The predicted molar refractivity (Wildman–Crippen MR) is 102 cm³/mol.